The largest absolute Gasteiger partial charge is 0.463 e. The summed E-state index contributed by atoms with van der Waals surface area (Å²) in [6.45, 7) is 9.12. The number of esters is 1. The van der Waals surface area contributed by atoms with Gasteiger partial charge in [-0.2, -0.15) is 8.42 Å². The molecule has 2 aromatic carbocycles. The maximum Gasteiger partial charge on any atom is 0.339 e. The second-order valence-electron chi connectivity index (χ2n) is 10.5. The number of carbonyl (C=O) groups excluding carboxylic acids is 3. The Kier molecular flexibility index (Phi) is 7.70. The molecule has 1 atom stereocenters. The van der Waals surface area contributed by atoms with Gasteiger partial charge in [-0.25, -0.2) is 4.79 Å². The van der Waals surface area contributed by atoms with Gasteiger partial charge in [0, 0.05) is 41.9 Å². The van der Waals surface area contributed by atoms with Crippen LogP contribution in [0.2, 0.25) is 0 Å². The molecule has 0 spiro atoms. The summed E-state index contributed by atoms with van der Waals surface area (Å²) in [5.41, 5.74) is 3.17. The summed E-state index contributed by atoms with van der Waals surface area (Å²) in [4.78, 5) is 37.5. The van der Waals surface area contributed by atoms with Gasteiger partial charge in [-0.15, -0.1) is 0 Å². The molecule has 1 heterocycles. The molecule has 0 fully saturated rings. The number of anilines is 1. The molecule has 4 rings (SSSR count). The molecule has 0 saturated heterocycles. The molecule has 0 aromatic heterocycles. The van der Waals surface area contributed by atoms with Crippen molar-refractivity contribution in [2.24, 2.45) is 5.41 Å². The molecule has 39 heavy (non-hydrogen) atoms. The Morgan fingerprint density at radius 3 is 2.28 bits per heavy atom. The minimum atomic E-state index is -4.15. The summed E-state index contributed by atoms with van der Waals surface area (Å²) >= 11 is 0. The molecule has 0 bridgehead atoms. The third-order valence-electron chi connectivity index (χ3n) is 6.62. The third-order valence-corrected chi connectivity index (χ3v) is 7.88. The van der Waals surface area contributed by atoms with Crippen molar-refractivity contribution in [1.29, 1.82) is 0 Å². The predicted molar refractivity (Wildman–Crippen MR) is 145 cm³/mol. The summed E-state index contributed by atoms with van der Waals surface area (Å²) in [7, 11) is -4.15. The smallest absolute Gasteiger partial charge is 0.339 e. The number of nitrogens with one attached hydrogen (secondary N) is 2. The van der Waals surface area contributed by atoms with Crippen LogP contribution in [0.15, 0.2) is 76.0 Å². The molecular formula is C29H32N2O7S. The molecule has 2 aromatic rings. The maximum atomic E-state index is 13.4. The Morgan fingerprint density at radius 1 is 1.05 bits per heavy atom. The molecule has 206 valence electrons. The molecule has 0 radical (unpaired) electrons. The van der Waals surface area contributed by atoms with Gasteiger partial charge in [0.1, 0.15) is 10.6 Å². The van der Waals surface area contributed by atoms with E-state index >= 15 is 0 Å². The lowest BCUT2D eigenvalue weighted by atomic mass is 9.68. The number of benzene rings is 2. The van der Waals surface area contributed by atoms with Crippen LogP contribution in [0.1, 0.15) is 58.9 Å². The molecule has 0 saturated carbocycles. The highest BCUT2D eigenvalue weighted by Crippen LogP contribution is 2.47. The Bertz CT molecular complexity index is 1490. The molecular weight excluding hydrogens is 520 g/mol. The first kappa shape index (κ1) is 28.1. The van der Waals surface area contributed by atoms with Gasteiger partial charge in [-0.05, 0) is 67.6 Å². The number of Topliss-reactive ketones (excluding diaryl/α,β-unsaturated/α-hetero) is 1. The number of dihydropyridines is 1. The van der Waals surface area contributed by atoms with E-state index in [1.807, 2.05) is 13.8 Å². The lowest BCUT2D eigenvalue weighted by Crippen LogP contribution is -2.38. The van der Waals surface area contributed by atoms with E-state index in [-0.39, 0.29) is 34.4 Å². The van der Waals surface area contributed by atoms with Gasteiger partial charge in [-0.3, -0.25) is 9.59 Å². The standard InChI is InChI=1S/C29H32N2O7S/c1-6-37-28(34)25-17(2)30-23-15-29(4,5)16-24(33)27(23)26(25)19-7-11-21(12-8-19)38-39(35,36)22-13-9-20(10-14-22)31-18(3)32/h7-14,26,30H,6,15-16H2,1-5H3,(H,31,32)/t26-/m1/s1. The number of hydrogen-bond donors (Lipinski definition) is 2. The average molecular weight is 553 g/mol. The predicted octanol–water partition coefficient (Wildman–Crippen LogP) is 4.58. The van der Waals surface area contributed by atoms with Crippen LogP contribution in [0, 0.1) is 5.41 Å². The van der Waals surface area contributed by atoms with Gasteiger partial charge in [0.2, 0.25) is 5.91 Å². The Labute approximate surface area is 228 Å². The van der Waals surface area contributed by atoms with Crippen molar-refractivity contribution in [3.8, 4) is 5.75 Å². The zero-order chi connectivity index (χ0) is 28.5. The van der Waals surface area contributed by atoms with Crippen molar-refractivity contribution < 1.29 is 31.7 Å². The zero-order valence-electron chi connectivity index (χ0n) is 22.6. The highest BCUT2D eigenvalue weighted by atomic mass is 32.2. The monoisotopic (exact) mass is 552 g/mol. The van der Waals surface area contributed by atoms with E-state index in [0.29, 0.717) is 40.9 Å². The fourth-order valence-electron chi connectivity index (χ4n) is 5.05. The van der Waals surface area contributed by atoms with Gasteiger partial charge in [0.15, 0.2) is 5.78 Å². The first-order valence-corrected chi connectivity index (χ1v) is 14.1. The molecule has 2 N–H and O–H groups in total. The van der Waals surface area contributed by atoms with Crippen molar-refractivity contribution in [1.82, 2.24) is 5.32 Å². The normalized spacial score (nSPS) is 18.7. The zero-order valence-corrected chi connectivity index (χ0v) is 23.4. The molecule has 0 unspecified atom stereocenters. The van der Waals surface area contributed by atoms with Crippen LogP contribution in [0.5, 0.6) is 5.75 Å². The van der Waals surface area contributed by atoms with Crippen LogP contribution in [0.4, 0.5) is 5.69 Å². The number of hydrogen-bond acceptors (Lipinski definition) is 8. The topological polar surface area (TPSA) is 128 Å². The van der Waals surface area contributed by atoms with Crippen molar-refractivity contribution >= 4 is 33.5 Å². The second kappa shape index (κ2) is 10.7. The second-order valence-corrected chi connectivity index (χ2v) is 12.0. The molecule has 9 nitrogen and oxygen atoms in total. The highest BCUT2D eigenvalue weighted by Gasteiger charge is 2.43. The molecule has 1 aliphatic heterocycles. The van der Waals surface area contributed by atoms with Crippen LogP contribution in [0.3, 0.4) is 0 Å². The van der Waals surface area contributed by atoms with Gasteiger partial charge in [-0.1, -0.05) is 26.0 Å². The van der Waals surface area contributed by atoms with Crippen LogP contribution in [0.25, 0.3) is 0 Å². The van der Waals surface area contributed by atoms with Crippen LogP contribution in [-0.4, -0.2) is 32.7 Å². The van der Waals surface area contributed by atoms with Crippen molar-refractivity contribution in [3.05, 3.63) is 76.6 Å². The van der Waals surface area contributed by atoms with E-state index in [2.05, 4.69) is 10.6 Å². The summed E-state index contributed by atoms with van der Waals surface area (Å²) in [6.07, 6.45) is 0.998. The number of carbonyl (C=O) groups is 3. The van der Waals surface area contributed by atoms with E-state index in [9.17, 15) is 22.8 Å². The molecule has 10 heteroatoms. The maximum absolute atomic E-state index is 13.4. The fourth-order valence-corrected chi connectivity index (χ4v) is 5.98. The average Bonchev–Trinajstić information content (AvgIpc) is 2.82. The van der Waals surface area contributed by atoms with E-state index in [4.69, 9.17) is 8.92 Å². The third kappa shape index (κ3) is 6.06. The number of amides is 1. The van der Waals surface area contributed by atoms with E-state index in [0.717, 1.165) is 5.70 Å². The Balaban J connectivity index is 1.66. The van der Waals surface area contributed by atoms with Crippen LogP contribution < -0.4 is 14.8 Å². The van der Waals surface area contributed by atoms with Crippen molar-refractivity contribution in [2.45, 2.75) is 58.3 Å². The minimum Gasteiger partial charge on any atom is -0.463 e. The summed E-state index contributed by atoms with van der Waals surface area (Å²) in [6, 6.07) is 11.9. The number of ketones is 1. The van der Waals surface area contributed by atoms with Crippen molar-refractivity contribution in [3.63, 3.8) is 0 Å². The first-order valence-electron chi connectivity index (χ1n) is 12.6. The lowest BCUT2D eigenvalue weighted by molar-refractivity contribution is -0.138. The molecule has 1 aliphatic carbocycles. The summed E-state index contributed by atoms with van der Waals surface area (Å²) in [5, 5.41) is 5.86. The lowest BCUT2D eigenvalue weighted by Gasteiger charge is -2.39. The molecule has 2 aliphatic rings. The number of ether oxygens (including phenoxy) is 1. The van der Waals surface area contributed by atoms with Crippen LogP contribution in [-0.2, 0) is 29.2 Å². The van der Waals surface area contributed by atoms with E-state index < -0.39 is 22.0 Å². The quantitative estimate of drug-likeness (QED) is 0.377. The molecule has 1 amide bonds. The first-order chi connectivity index (χ1) is 18.3. The van der Waals surface area contributed by atoms with Gasteiger partial charge >= 0.3 is 16.1 Å². The Morgan fingerprint density at radius 2 is 1.69 bits per heavy atom. The summed E-state index contributed by atoms with van der Waals surface area (Å²) in [5.74, 6) is -1.41. The Hall–Kier alpha value is -3.92. The minimum absolute atomic E-state index is 0.0429. The van der Waals surface area contributed by atoms with Crippen molar-refractivity contribution in [2.75, 3.05) is 11.9 Å². The van der Waals surface area contributed by atoms with Crippen LogP contribution >= 0.6 is 0 Å². The summed E-state index contributed by atoms with van der Waals surface area (Å²) < 4.78 is 36.3. The number of rotatable bonds is 7. The number of allylic oxidation sites excluding steroid dienone is 3. The van der Waals surface area contributed by atoms with Gasteiger partial charge in [0.25, 0.3) is 0 Å². The van der Waals surface area contributed by atoms with E-state index in [1.54, 1.807) is 26.0 Å². The van der Waals surface area contributed by atoms with E-state index in [1.165, 1.54) is 43.3 Å². The van der Waals surface area contributed by atoms with Gasteiger partial charge < -0.3 is 19.6 Å². The SMILES string of the molecule is CCOC(=O)C1=C(C)NC2=C(C(=O)CC(C)(C)C2)[C@@H]1c1ccc(OS(=O)(=O)c2ccc(NC(C)=O)cc2)cc1. The fraction of sp³-hybridized carbons (Fsp3) is 0.345. The van der Waals surface area contributed by atoms with Gasteiger partial charge in [0.05, 0.1) is 12.2 Å². The highest BCUT2D eigenvalue weighted by molar-refractivity contribution is 7.87.